The van der Waals surface area contributed by atoms with Gasteiger partial charge >= 0.3 is 5.97 Å². The fourth-order valence-corrected chi connectivity index (χ4v) is 1.81. The van der Waals surface area contributed by atoms with Crippen molar-refractivity contribution in [1.82, 2.24) is 0 Å². The Balaban J connectivity index is 2.63. The molecule has 0 spiro atoms. The number of nitrogens with two attached hydrogens (primary N) is 1. The minimum Gasteiger partial charge on any atom is -0.465 e. The molecule has 0 radical (unpaired) electrons. The molecule has 0 saturated carbocycles. The molecule has 0 aliphatic heterocycles. The highest BCUT2D eigenvalue weighted by atomic mass is 32.1. The third-order valence-corrected chi connectivity index (χ3v) is 2.66. The van der Waals surface area contributed by atoms with Crippen molar-refractivity contribution in [2.75, 3.05) is 13.7 Å². The van der Waals surface area contributed by atoms with Gasteiger partial charge in [-0.2, -0.15) is 0 Å². The van der Waals surface area contributed by atoms with Gasteiger partial charge in [-0.25, -0.2) is 4.79 Å². The van der Waals surface area contributed by atoms with E-state index in [1.807, 2.05) is 18.2 Å². The lowest BCUT2D eigenvalue weighted by atomic mass is 10.3. The summed E-state index contributed by atoms with van der Waals surface area (Å²) >= 11 is 1.41. The molecule has 4 heteroatoms. The molecule has 1 aromatic rings. The highest BCUT2D eigenvalue weighted by molar-refractivity contribution is 7.14. The summed E-state index contributed by atoms with van der Waals surface area (Å²) < 4.78 is 4.60. The molecule has 76 valence electrons. The number of hydrogen-bond acceptors (Lipinski definition) is 4. The van der Waals surface area contributed by atoms with Gasteiger partial charge in [0.15, 0.2) is 0 Å². The molecule has 1 heterocycles. The minimum absolute atomic E-state index is 0.284. The SMILES string of the molecule is COC(=O)c1ccc(C=CCCN)s1. The van der Waals surface area contributed by atoms with Crippen LogP contribution in [0.1, 0.15) is 21.0 Å². The Bertz CT molecular complexity index is 331. The van der Waals surface area contributed by atoms with Crippen LogP contribution in [-0.4, -0.2) is 19.6 Å². The van der Waals surface area contributed by atoms with Crippen LogP contribution in [-0.2, 0) is 4.74 Å². The molecular formula is C10H13NO2S. The van der Waals surface area contributed by atoms with Gasteiger partial charge in [0.25, 0.3) is 0 Å². The van der Waals surface area contributed by atoms with Crippen molar-refractivity contribution >= 4 is 23.4 Å². The number of esters is 1. The molecule has 0 saturated heterocycles. The largest absolute Gasteiger partial charge is 0.465 e. The summed E-state index contributed by atoms with van der Waals surface area (Å²) in [5, 5.41) is 0. The van der Waals surface area contributed by atoms with E-state index in [9.17, 15) is 4.79 Å². The molecule has 2 N–H and O–H groups in total. The van der Waals surface area contributed by atoms with Gasteiger partial charge < -0.3 is 10.5 Å². The van der Waals surface area contributed by atoms with Gasteiger partial charge in [-0.1, -0.05) is 6.08 Å². The lowest BCUT2D eigenvalue weighted by molar-refractivity contribution is 0.0606. The average Bonchev–Trinajstić information content (AvgIpc) is 2.66. The number of carbonyl (C=O) groups is 1. The lowest BCUT2D eigenvalue weighted by Crippen LogP contribution is -1.96. The monoisotopic (exact) mass is 211 g/mol. The van der Waals surface area contributed by atoms with Crippen LogP contribution in [0.3, 0.4) is 0 Å². The van der Waals surface area contributed by atoms with E-state index in [1.54, 1.807) is 6.07 Å². The Kier molecular flexibility index (Phi) is 4.35. The molecule has 0 bridgehead atoms. The van der Waals surface area contributed by atoms with Gasteiger partial charge in [0.2, 0.25) is 0 Å². The predicted molar refractivity (Wildman–Crippen MR) is 58.4 cm³/mol. The highest BCUT2D eigenvalue weighted by Crippen LogP contribution is 2.18. The summed E-state index contributed by atoms with van der Waals surface area (Å²) in [6, 6.07) is 3.66. The van der Waals surface area contributed by atoms with Crippen LogP contribution < -0.4 is 5.73 Å². The van der Waals surface area contributed by atoms with Crippen molar-refractivity contribution < 1.29 is 9.53 Å². The molecule has 1 rings (SSSR count). The summed E-state index contributed by atoms with van der Waals surface area (Å²) in [7, 11) is 1.38. The summed E-state index contributed by atoms with van der Waals surface area (Å²) in [6.45, 7) is 0.645. The van der Waals surface area contributed by atoms with Crippen LogP contribution in [0, 0.1) is 0 Å². The Hall–Kier alpha value is -1.13. The Morgan fingerprint density at radius 2 is 2.43 bits per heavy atom. The van der Waals surface area contributed by atoms with E-state index >= 15 is 0 Å². The van der Waals surface area contributed by atoms with E-state index < -0.39 is 0 Å². The van der Waals surface area contributed by atoms with Crippen molar-refractivity contribution in [3.63, 3.8) is 0 Å². The molecular weight excluding hydrogens is 198 g/mol. The summed E-state index contributed by atoms with van der Waals surface area (Å²) in [6.07, 6.45) is 4.81. The minimum atomic E-state index is -0.284. The fourth-order valence-electron chi connectivity index (χ4n) is 0.948. The molecule has 3 nitrogen and oxygen atoms in total. The molecule has 0 aromatic carbocycles. The van der Waals surface area contributed by atoms with Crippen LogP contribution in [0.15, 0.2) is 18.2 Å². The van der Waals surface area contributed by atoms with Crippen molar-refractivity contribution in [3.05, 3.63) is 28.0 Å². The lowest BCUT2D eigenvalue weighted by Gasteiger charge is -1.91. The number of methoxy groups -OCH3 is 1. The van der Waals surface area contributed by atoms with Gasteiger partial charge in [0, 0.05) is 4.88 Å². The van der Waals surface area contributed by atoms with Gasteiger partial charge in [0.05, 0.1) is 7.11 Å². The topological polar surface area (TPSA) is 52.3 Å². The second-order valence-corrected chi connectivity index (χ2v) is 3.79. The summed E-state index contributed by atoms with van der Waals surface area (Å²) in [5.74, 6) is -0.284. The molecule has 1 aromatic heterocycles. The van der Waals surface area contributed by atoms with E-state index in [-0.39, 0.29) is 5.97 Å². The predicted octanol–water partition coefficient (Wildman–Crippen LogP) is 1.90. The highest BCUT2D eigenvalue weighted by Gasteiger charge is 2.06. The van der Waals surface area contributed by atoms with E-state index in [1.165, 1.54) is 18.4 Å². The van der Waals surface area contributed by atoms with E-state index in [2.05, 4.69) is 4.74 Å². The fraction of sp³-hybridized carbons (Fsp3) is 0.300. The van der Waals surface area contributed by atoms with E-state index in [0.717, 1.165) is 11.3 Å². The van der Waals surface area contributed by atoms with Gasteiger partial charge in [-0.3, -0.25) is 0 Å². The number of rotatable bonds is 4. The molecule has 0 fully saturated rings. The average molecular weight is 211 g/mol. The zero-order chi connectivity index (χ0) is 10.4. The van der Waals surface area contributed by atoms with Crippen LogP contribution >= 0.6 is 11.3 Å². The molecule has 14 heavy (non-hydrogen) atoms. The summed E-state index contributed by atoms with van der Waals surface area (Å²) in [4.78, 5) is 12.8. The maximum atomic E-state index is 11.1. The number of ether oxygens (including phenoxy) is 1. The van der Waals surface area contributed by atoms with Crippen molar-refractivity contribution in [2.45, 2.75) is 6.42 Å². The second kappa shape index (κ2) is 5.57. The van der Waals surface area contributed by atoms with Crippen LogP contribution in [0.4, 0.5) is 0 Å². The second-order valence-electron chi connectivity index (χ2n) is 2.67. The van der Waals surface area contributed by atoms with Crippen molar-refractivity contribution in [1.29, 1.82) is 0 Å². The first-order valence-electron chi connectivity index (χ1n) is 4.32. The molecule has 0 atom stereocenters. The van der Waals surface area contributed by atoms with Crippen molar-refractivity contribution in [3.8, 4) is 0 Å². The van der Waals surface area contributed by atoms with Crippen LogP contribution in [0.25, 0.3) is 6.08 Å². The first-order valence-corrected chi connectivity index (χ1v) is 5.14. The zero-order valence-corrected chi connectivity index (χ0v) is 8.84. The third kappa shape index (κ3) is 2.97. The normalized spacial score (nSPS) is 10.7. The zero-order valence-electron chi connectivity index (χ0n) is 8.03. The number of hydrogen-bond donors (Lipinski definition) is 1. The van der Waals surface area contributed by atoms with Gasteiger partial charge in [-0.15, -0.1) is 11.3 Å². The molecule has 0 aliphatic rings. The molecule has 0 aliphatic carbocycles. The maximum absolute atomic E-state index is 11.1. The van der Waals surface area contributed by atoms with Gasteiger partial charge in [-0.05, 0) is 31.2 Å². The van der Waals surface area contributed by atoms with Crippen molar-refractivity contribution in [2.24, 2.45) is 5.73 Å². The Morgan fingerprint density at radius 3 is 3.07 bits per heavy atom. The molecule has 0 amide bonds. The van der Waals surface area contributed by atoms with Gasteiger partial charge in [0.1, 0.15) is 4.88 Å². The Labute approximate surface area is 87.2 Å². The summed E-state index contributed by atoms with van der Waals surface area (Å²) in [5.41, 5.74) is 5.35. The van der Waals surface area contributed by atoms with E-state index in [0.29, 0.717) is 11.4 Å². The first kappa shape index (κ1) is 10.9. The standard InChI is InChI=1S/C10H13NO2S/c1-13-10(12)9-6-5-8(14-9)4-2-3-7-11/h2,4-6H,3,7,11H2,1H3. The van der Waals surface area contributed by atoms with Crippen LogP contribution in [0.5, 0.6) is 0 Å². The van der Waals surface area contributed by atoms with Crippen LogP contribution in [0.2, 0.25) is 0 Å². The molecule has 0 unspecified atom stereocenters. The van der Waals surface area contributed by atoms with E-state index in [4.69, 9.17) is 5.73 Å². The first-order chi connectivity index (χ1) is 6.77. The number of thiophene rings is 1. The number of carbonyl (C=O) groups excluding carboxylic acids is 1. The Morgan fingerprint density at radius 1 is 1.64 bits per heavy atom. The third-order valence-electron chi connectivity index (χ3n) is 1.63. The quantitative estimate of drug-likeness (QED) is 0.774. The smallest absolute Gasteiger partial charge is 0.348 e. The maximum Gasteiger partial charge on any atom is 0.348 e.